The van der Waals surface area contributed by atoms with Crippen LogP contribution in [0.15, 0.2) is 11.8 Å². The Morgan fingerprint density at radius 1 is 1.53 bits per heavy atom. The fourth-order valence-electron chi connectivity index (χ4n) is 1.49. The second-order valence-corrected chi connectivity index (χ2v) is 3.46. The third-order valence-corrected chi connectivity index (χ3v) is 2.26. The third-order valence-electron chi connectivity index (χ3n) is 2.26. The highest BCUT2D eigenvalue weighted by molar-refractivity contribution is 5.97. The summed E-state index contributed by atoms with van der Waals surface area (Å²) < 4.78 is 4.77. The van der Waals surface area contributed by atoms with Crippen molar-refractivity contribution in [2.75, 3.05) is 13.2 Å². The van der Waals surface area contributed by atoms with Crippen molar-refractivity contribution in [3.8, 4) is 0 Å². The average molecular weight is 211 g/mol. The van der Waals surface area contributed by atoms with Crippen molar-refractivity contribution < 1.29 is 14.3 Å². The molecule has 0 aromatic carbocycles. The summed E-state index contributed by atoms with van der Waals surface area (Å²) >= 11 is 0. The molecule has 1 rings (SSSR count). The molecule has 84 valence electrons. The molecule has 0 aromatic heterocycles. The largest absolute Gasteiger partial charge is 0.466 e. The van der Waals surface area contributed by atoms with E-state index in [0.717, 1.165) is 18.4 Å². The van der Waals surface area contributed by atoms with Gasteiger partial charge in [0, 0.05) is 24.7 Å². The highest BCUT2D eigenvalue weighted by Crippen LogP contribution is 2.18. The van der Waals surface area contributed by atoms with Gasteiger partial charge in [-0.1, -0.05) is 0 Å². The van der Waals surface area contributed by atoms with Crippen LogP contribution < -0.4 is 5.32 Å². The molecule has 1 aliphatic rings. The molecule has 0 aromatic rings. The van der Waals surface area contributed by atoms with Crippen molar-refractivity contribution in [3.63, 3.8) is 0 Å². The first-order valence-electron chi connectivity index (χ1n) is 5.35. The molecule has 0 aliphatic heterocycles. The van der Waals surface area contributed by atoms with Gasteiger partial charge < -0.3 is 10.1 Å². The molecule has 0 spiro atoms. The minimum Gasteiger partial charge on any atom is -0.466 e. The molecule has 1 aliphatic carbocycles. The van der Waals surface area contributed by atoms with Gasteiger partial charge in [0.05, 0.1) is 13.0 Å². The van der Waals surface area contributed by atoms with Crippen molar-refractivity contribution in [2.45, 2.75) is 32.6 Å². The van der Waals surface area contributed by atoms with E-state index in [0.29, 0.717) is 26.0 Å². The molecule has 4 heteroatoms. The molecule has 15 heavy (non-hydrogen) atoms. The number of carbonyl (C=O) groups excluding carboxylic acids is 2. The Hall–Kier alpha value is -1.32. The number of ether oxygens (including phenoxy) is 1. The van der Waals surface area contributed by atoms with E-state index >= 15 is 0 Å². The second kappa shape index (κ2) is 6.22. The molecule has 0 radical (unpaired) electrons. The number of nitrogens with one attached hydrogen (secondary N) is 1. The van der Waals surface area contributed by atoms with Gasteiger partial charge in [0.1, 0.15) is 0 Å². The second-order valence-electron chi connectivity index (χ2n) is 3.46. The Morgan fingerprint density at radius 3 is 2.93 bits per heavy atom. The van der Waals surface area contributed by atoms with Gasteiger partial charge in [-0.2, -0.15) is 0 Å². The minimum absolute atomic E-state index is 0.207. The topological polar surface area (TPSA) is 55.4 Å². The quantitative estimate of drug-likeness (QED) is 0.421. The lowest BCUT2D eigenvalue weighted by atomic mass is 10.2. The van der Waals surface area contributed by atoms with Gasteiger partial charge >= 0.3 is 5.97 Å². The maximum absolute atomic E-state index is 11.2. The van der Waals surface area contributed by atoms with E-state index in [1.807, 2.05) is 0 Å². The highest BCUT2D eigenvalue weighted by atomic mass is 16.5. The molecule has 1 saturated carbocycles. The maximum atomic E-state index is 11.2. The lowest BCUT2D eigenvalue weighted by Gasteiger charge is -2.02. The summed E-state index contributed by atoms with van der Waals surface area (Å²) in [5.74, 6) is 0.0137. The van der Waals surface area contributed by atoms with E-state index in [9.17, 15) is 9.59 Å². The number of hydrogen-bond acceptors (Lipinski definition) is 4. The molecule has 0 saturated heterocycles. The number of ketones is 1. The van der Waals surface area contributed by atoms with Gasteiger partial charge in [0.15, 0.2) is 5.78 Å². The van der Waals surface area contributed by atoms with Crippen molar-refractivity contribution in [2.24, 2.45) is 0 Å². The normalized spacial score (nSPS) is 18.2. The van der Waals surface area contributed by atoms with E-state index in [4.69, 9.17) is 4.74 Å². The first kappa shape index (κ1) is 11.8. The van der Waals surface area contributed by atoms with E-state index in [1.165, 1.54) is 0 Å². The number of hydrogen-bond donors (Lipinski definition) is 1. The summed E-state index contributed by atoms with van der Waals surface area (Å²) in [6.45, 7) is 2.72. The van der Waals surface area contributed by atoms with Crippen molar-refractivity contribution in [1.29, 1.82) is 0 Å². The van der Waals surface area contributed by atoms with Crippen LogP contribution in [0.2, 0.25) is 0 Å². The molecule has 0 bridgehead atoms. The first-order chi connectivity index (χ1) is 7.24. The van der Waals surface area contributed by atoms with Gasteiger partial charge in [-0.3, -0.25) is 9.59 Å². The van der Waals surface area contributed by atoms with E-state index in [1.54, 1.807) is 13.1 Å². The van der Waals surface area contributed by atoms with E-state index < -0.39 is 0 Å². The van der Waals surface area contributed by atoms with Gasteiger partial charge in [-0.25, -0.2) is 0 Å². The Labute approximate surface area is 89.7 Å². The fourth-order valence-corrected chi connectivity index (χ4v) is 1.49. The smallest absolute Gasteiger partial charge is 0.307 e. The van der Waals surface area contributed by atoms with Crippen LogP contribution in [0.5, 0.6) is 0 Å². The van der Waals surface area contributed by atoms with Crippen molar-refractivity contribution in [1.82, 2.24) is 5.32 Å². The monoisotopic (exact) mass is 211 g/mol. The Balaban J connectivity index is 2.15. The summed E-state index contributed by atoms with van der Waals surface area (Å²) in [7, 11) is 0. The van der Waals surface area contributed by atoms with Crippen molar-refractivity contribution >= 4 is 11.8 Å². The van der Waals surface area contributed by atoms with Crippen LogP contribution in [-0.2, 0) is 14.3 Å². The minimum atomic E-state index is -0.207. The molecule has 1 N–H and O–H groups in total. The number of Topliss-reactive ketones (excluding diaryl/α,β-unsaturated/α-hetero) is 1. The Kier molecular flexibility index (Phi) is 4.87. The molecule has 0 atom stereocenters. The molecule has 0 heterocycles. The molecular weight excluding hydrogens is 194 g/mol. The lowest BCUT2D eigenvalue weighted by molar-refractivity contribution is -0.142. The van der Waals surface area contributed by atoms with Gasteiger partial charge in [-0.15, -0.1) is 0 Å². The summed E-state index contributed by atoms with van der Waals surface area (Å²) in [5, 5.41) is 2.96. The molecule has 1 fully saturated rings. The Morgan fingerprint density at radius 2 is 2.33 bits per heavy atom. The van der Waals surface area contributed by atoms with Gasteiger partial charge in [0.25, 0.3) is 0 Å². The molecule has 4 nitrogen and oxygen atoms in total. The number of carbonyl (C=O) groups is 2. The van der Waals surface area contributed by atoms with E-state index in [2.05, 4.69) is 5.32 Å². The number of allylic oxidation sites excluding steroid dienone is 1. The van der Waals surface area contributed by atoms with Crippen LogP contribution in [0.1, 0.15) is 32.6 Å². The van der Waals surface area contributed by atoms with Gasteiger partial charge in [0.2, 0.25) is 0 Å². The Bertz CT molecular complexity index is 271. The standard InChI is InChI=1S/C11H17NO3/c1-2-15-11(14)6-7-12-8-9-4-3-5-10(9)13/h8,12H,2-7H2,1H3/b9-8-. The maximum Gasteiger partial charge on any atom is 0.307 e. The summed E-state index contributed by atoms with van der Waals surface area (Å²) in [4.78, 5) is 22.2. The fraction of sp³-hybridized carbons (Fsp3) is 0.636. The zero-order chi connectivity index (χ0) is 11.1. The van der Waals surface area contributed by atoms with E-state index in [-0.39, 0.29) is 11.8 Å². The summed E-state index contributed by atoms with van der Waals surface area (Å²) in [6.07, 6.45) is 4.53. The van der Waals surface area contributed by atoms with Crippen molar-refractivity contribution in [3.05, 3.63) is 11.8 Å². The molecular formula is C11H17NO3. The van der Waals surface area contributed by atoms with Crippen LogP contribution in [0, 0.1) is 0 Å². The highest BCUT2D eigenvalue weighted by Gasteiger charge is 2.16. The number of esters is 1. The van der Waals surface area contributed by atoms with Crippen LogP contribution >= 0.6 is 0 Å². The molecule has 0 unspecified atom stereocenters. The number of rotatable bonds is 5. The SMILES string of the molecule is CCOC(=O)CCN/C=C1/CCCC1=O. The van der Waals surface area contributed by atoms with Crippen LogP contribution in [0.3, 0.4) is 0 Å². The van der Waals surface area contributed by atoms with Crippen LogP contribution in [0.25, 0.3) is 0 Å². The summed E-state index contributed by atoms with van der Waals surface area (Å²) in [6, 6.07) is 0. The summed E-state index contributed by atoms with van der Waals surface area (Å²) in [5.41, 5.74) is 0.846. The first-order valence-corrected chi connectivity index (χ1v) is 5.35. The lowest BCUT2D eigenvalue weighted by Crippen LogP contribution is -2.15. The van der Waals surface area contributed by atoms with Crippen LogP contribution in [0.4, 0.5) is 0 Å². The van der Waals surface area contributed by atoms with Gasteiger partial charge in [-0.05, 0) is 19.8 Å². The third kappa shape index (κ3) is 4.14. The zero-order valence-electron chi connectivity index (χ0n) is 9.04. The van der Waals surface area contributed by atoms with Crippen LogP contribution in [-0.4, -0.2) is 24.9 Å². The predicted molar refractivity (Wildman–Crippen MR) is 56.2 cm³/mol. The predicted octanol–water partition coefficient (Wildman–Crippen LogP) is 1.17. The zero-order valence-corrected chi connectivity index (χ0v) is 9.04. The molecule has 0 amide bonds. The average Bonchev–Trinajstić information content (AvgIpc) is 2.60.